The first kappa shape index (κ1) is 19.9. The highest BCUT2D eigenvalue weighted by atomic mass is 32.2. The van der Waals surface area contributed by atoms with Gasteiger partial charge in [0.25, 0.3) is 5.79 Å². The van der Waals surface area contributed by atoms with Crippen LogP contribution in [-0.2, 0) is 11.2 Å². The fraction of sp³-hybridized carbons (Fsp3) is 0.409. The zero-order chi connectivity index (χ0) is 20.4. The van der Waals surface area contributed by atoms with Gasteiger partial charge in [-0.2, -0.15) is 11.8 Å². The Morgan fingerprint density at radius 3 is 2.52 bits per heavy atom. The number of alkyl halides is 1. The summed E-state index contributed by atoms with van der Waals surface area (Å²) < 4.78 is 36.5. The summed E-state index contributed by atoms with van der Waals surface area (Å²) in [7, 11) is 0. The highest BCUT2D eigenvalue weighted by Gasteiger charge is 2.45. The Morgan fingerprint density at radius 2 is 1.83 bits per heavy atom. The van der Waals surface area contributed by atoms with E-state index in [0.29, 0.717) is 35.7 Å². The zero-order valence-corrected chi connectivity index (χ0v) is 17.2. The second kappa shape index (κ2) is 8.14. The molecule has 154 valence electrons. The summed E-state index contributed by atoms with van der Waals surface area (Å²) in [6, 6.07) is 10.6. The van der Waals surface area contributed by atoms with E-state index in [1.54, 1.807) is 24.3 Å². The Morgan fingerprint density at radius 1 is 1.14 bits per heavy atom. The highest BCUT2D eigenvalue weighted by Crippen LogP contribution is 2.51. The molecule has 4 rings (SSSR count). The normalized spacial score (nSPS) is 17.8. The summed E-state index contributed by atoms with van der Waals surface area (Å²) in [5, 5.41) is 0. The van der Waals surface area contributed by atoms with Crippen molar-refractivity contribution >= 4 is 17.7 Å². The van der Waals surface area contributed by atoms with Gasteiger partial charge in [0.2, 0.25) is 12.1 Å². The number of halogens is 1. The fourth-order valence-corrected chi connectivity index (χ4v) is 4.52. The number of thioether (sulfide) groups is 1. The lowest BCUT2D eigenvalue weighted by atomic mass is 10.1. The average Bonchev–Trinajstić information content (AvgIpc) is 3.05. The first-order valence-electron chi connectivity index (χ1n) is 9.64. The standard InChI is InChI=1S/C22H23FO5S/c1-14-3-6-17(7-4-14)26-19(24)13-16-5-8-18(25-15(2)23)21-20(16)27-22(28-21)9-11-29-12-10-22/h3-8,15H,9-13H2,1-2H3. The van der Waals surface area contributed by atoms with Gasteiger partial charge in [0.15, 0.2) is 11.5 Å². The highest BCUT2D eigenvalue weighted by molar-refractivity contribution is 7.99. The van der Waals surface area contributed by atoms with Crippen LogP contribution in [0, 0.1) is 6.92 Å². The Kier molecular flexibility index (Phi) is 5.58. The lowest BCUT2D eigenvalue weighted by Crippen LogP contribution is -2.42. The van der Waals surface area contributed by atoms with Gasteiger partial charge in [-0.15, -0.1) is 0 Å². The Bertz CT molecular complexity index is 891. The van der Waals surface area contributed by atoms with Crippen molar-refractivity contribution < 1.29 is 28.1 Å². The van der Waals surface area contributed by atoms with Gasteiger partial charge in [0.1, 0.15) is 5.75 Å². The monoisotopic (exact) mass is 418 g/mol. The molecule has 2 aliphatic heterocycles. The minimum Gasteiger partial charge on any atom is -0.457 e. The van der Waals surface area contributed by atoms with E-state index >= 15 is 0 Å². The molecule has 0 aliphatic carbocycles. The molecule has 1 fully saturated rings. The number of hydrogen-bond acceptors (Lipinski definition) is 6. The molecular weight excluding hydrogens is 395 g/mol. The molecule has 0 radical (unpaired) electrons. The van der Waals surface area contributed by atoms with Gasteiger partial charge in [-0.25, -0.2) is 4.39 Å². The molecule has 0 amide bonds. The predicted molar refractivity (Wildman–Crippen MR) is 109 cm³/mol. The molecule has 2 heterocycles. The van der Waals surface area contributed by atoms with E-state index in [-0.39, 0.29) is 12.2 Å². The van der Waals surface area contributed by atoms with Crippen LogP contribution in [0.5, 0.6) is 23.0 Å². The van der Waals surface area contributed by atoms with Crippen molar-refractivity contribution in [2.45, 2.75) is 45.3 Å². The van der Waals surface area contributed by atoms with Crippen molar-refractivity contribution in [3.63, 3.8) is 0 Å². The summed E-state index contributed by atoms with van der Waals surface area (Å²) in [5.41, 5.74) is 1.72. The quantitative estimate of drug-likeness (QED) is 0.512. The van der Waals surface area contributed by atoms with Crippen molar-refractivity contribution in [1.29, 1.82) is 0 Å². The molecule has 2 aliphatic rings. The minimum atomic E-state index is -1.49. The predicted octanol–water partition coefficient (Wildman–Crippen LogP) is 4.83. The molecule has 2 aromatic rings. The number of hydrogen-bond donors (Lipinski definition) is 0. The summed E-state index contributed by atoms with van der Waals surface area (Å²) in [6.07, 6.45) is -0.0527. The number of carbonyl (C=O) groups is 1. The lowest BCUT2D eigenvalue weighted by molar-refractivity contribution is -0.133. The van der Waals surface area contributed by atoms with E-state index in [4.69, 9.17) is 18.9 Å². The third kappa shape index (κ3) is 4.45. The van der Waals surface area contributed by atoms with E-state index < -0.39 is 18.1 Å². The molecule has 0 bridgehead atoms. The van der Waals surface area contributed by atoms with Gasteiger partial charge >= 0.3 is 5.97 Å². The second-order valence-corrected chi connectivity index (χ2v) is 8.46. The Labute approximate surface area is 173 Å². The number of fused-ring (bicyclic) bond motifs is 1. The maximum absolute atomic E-state index is 13.5. The maximum Gasteiger partial charge on any atom is 0.315 e. The third-order valence-electron chi connectivity index (χ3n) is 4.87. The summed E-state index contributed by atoms with van der Waals surface area (Å²) in [5.74, 6) is 2.21. The van der Waals surface area contributed by atoms with Crippen molar-refractivity contribution in [3.05, 3.63) is 47.5 Å². The van der Waals surface area contributed by atoms with Gasteiger partial charge in [0.05, 0.1) is 6.42 Å². The number of esters is 1. The van der Waals surface area contributed by atoms with Crippen LogP contribution >= 0.6 is 11.8 Å². The summed E-state index contributed by atoms with van der Waals surface area (Å²) in [6.45, 7) is 3.27. The van der Waals surface area contributed by atoms with Crippen LogP contribution in [0.1, 0.15) is 30.9 Å². The van der Waals surface area contributed by atoms with Crippen LogP contribution in [0.25, 0.3) is 0 Å². The molecule has 7 heteroatoms. The fourth-order valence-electron chi connectivity index (χ4n) is 3.41. The number of ether oxygens (including phenoxy) is 4. The number of benzene rings is 2. The second-order valence-electron chi connectivity index (χ2n) is 7.23. The van der Waals surface area contributed by atoms with Crippen molar-refractivity contribution in [3.8, 4) is 23.0 Å². The van der Waals surface area contributed by atoms with Gasteiger partial charge in [0, 0.05) is 36.8 Å². The molecule has 2 aromatic carbocycles. The first-order valence-corrected chi connectivity index (χ1v) is 10.8. The van der Waals surface area contributed by atoms with Gasteiger partial charge in [-0.05, 0) is 25.1 Å². The zero-order valence-electron chi connectivity index (χ0n) is 16.4. The molecule has 1 saturated heterocycles. The molecule has 1 atom stereocenters. The molecule has 0 N–H and O–H groups in total. The molecular formula is C22H23FO5S. The smallest absolute Gasteiger partial charge is 0.315 e. The molecule has 29 heavy (non-hydrogen) atoms. The van der Waals surface area contributed by atoms with E-state index in [1.165, 1.54) is 6.92 Å². The van der Waals surface area contributed by atoms with E-state index in [9.17, 15) is 9.18 Å². The minimum absolute atomic E-state index is 0.00978. The number of carbonyl (C=O) groups excluding carboxylic acids is 1. The summed E-state index contributed by atoms with van der Waals surface area (Å²) in [4.78, 5) is 12.5. The van der Waals surface area contributed by atoms with Crippen molar-refractivity contribution in [2.24, 2.45) is 0 Å². The summed E-state index contributed by atoms with van der Waals surface area (Å²) >= 11 is 1.84. The third-order valence-corrected chi connectivity index (χ3v) is 5.85. The lowest BCUT2D eigenvalue weighted by Gasteiger charge is -2.31. The largest absolute Gasteiger partial charge is 0.457 e. The van der Waals surface area contributed by atoms with Crippen LogP contribution in [0.4, 0.5) is 4.39 Å². The van der Waals surface area contributed by atoms with Crippen molar-refractivity contribution in [1.82, 2.24) is 0 Å². The van der Waals surface area contributed by atoms with Crippen LogP contribution < -0.4 is 18.9 Å². The Balaban J connectivity index is 1.57. The first-order chi connectivity index (χ1) is 13.9. The van der Waals surface area contributed by atoms with Gasteiger partial charge in [-0.1, -0.05) is 23.8 Å². The maximum atomic E-state index is 13.5. The van der Waals surface area contributed by atoms with Crippen LogP contribution in [0.2, 0.25) is 0 Å². The number of aryl methyl sites for hydroxylation is 1. The van der Waals surface area contributed by atoms with Gasteiger partial charge < -0.3 is 18.9 Å². The van der Waals surface area contributed by atoms with Crippen LogP contribution in [0.3, 0.4) is 0 Å². The Hall–Kier alpha value is -2.41. The number of rotatable bonds is 5. The van der Waals surface area contributed by atoms with Crippen LogP contribution in [-0.4, -0.2) is 29.6 Å². The molecule has 0 saturated carbocycles. The molecule has 1 spiro atoms. The molecule has 0 aromatic heterocycles. The average molecular weight is 418 g/mol. The van der Waals surface area contributed by atoms with Gasteiger partial charge in [-0.3, -0.25) is 4.79 Å². The van der Waals surface area contributed by atoms with Crippen molar-refractivity contribution in [2.75, 3.05) is 11.5 Å². The SMILES string of the molecule is Cc1ccc(OC(=O)Cc2ccc(OC(C)F)c3c2OC2(CCSCC2)O3)cc1. The van der Waals surface area contributed by atoms with E-state index in [0.717, 1.165) is 17.1 Å². The van der Waals surface area contributed by atoms with Crippen LogP contribution in [0.15, 0.2) is 36.4 Å². The molecule has 1 unspecified atom stereocenters. The topological polar surface area (TPSA) is 54.0 Å². The molecule has 5 nitrogen and oxygen atoms in total. The van der Waals surface area contributed by atoms with E-state index in [2.05, 4.69) is 0 Å². The van der Waals surface area contributed by atoms with E-state index in [1.807, 2.05) is 30.8 Å².